The predicted molar refractivity (Wildman–Crippen MR) is 63.4 cm³/mol. The molecule has 0 unspecified atom stereocenters. The molecular weight excluding hydrogens is 231 g/mol. The van der Waals surface area contributed by atoms with Gasteiger partial charge in [0.05, 0.1) is 5.02 Å². The minimum absolute atomic E-state index is 0.680. The second kappa shape index (κ2) is 5.15. The largest absolute Gasteiger partial charge is 0.295 e. The van der Waals surface area contributed by atoms with Crippen molar-refractivity contribution < 1.29 is 0 Å². The van der Waals surface area contributed by atoms with Gasteiger partial charge in [-0.05, 0) is 24.5 Å². The Bertz CT molecular complexity index is 326. The van der Waals surface area contributed by atoms with E-state index >= 15 is 0 Å². The molecule has 1 aromatic heterocycles. The predicted octanol–water partition coefficient (Wildman–Crippen LogP) is 2.94. The van der Waals surface area contributed by atoms with Crippen LogP contribution in [0.1, 0.15) is 18.4 Å². The molecule has 1 aliphatic rings. The quantitative estimate of drug-likeness (QED) is 0.741. The molecule has 1 fully saturated rings. The number of alkyl halides is 1. The van der Waals surface area contributed by atoms with Gasteiger partial charge < -0.3 is 0 Å². The van der Waals surface area contributed by atoms with Crippen LogP contribution in [0.2, 0.25) is 5.02 Å². The molecule has 15 heavy (non-hydrogen) atoms. The smallest absolute Gasteiger partial charge is 0.0634 e. The zero-order chi connectivity index (χ0) is 10.7. The van der Waals surface area contributed by atoms with Crippen LogP contribution in [-0.2, 0) is 6.54 Å². The second-order valence-electron chi connectivity index (χ2n) is 3.86. The highest BCUT2D eigenvalue weighted by Crippen LogP contribution is 2.29. The first-order valence-corrected chi connectivity index (χ1v) is 6.11. The van der Waals surface area contributed by atoms with Gasteiger partial charge in [0.25, 0.3) is 0 Å². The fourth-order valence-electron chi connectivity index (χ4n) is 1.69. The lowest BCUT2D eigenvalue weighted by atomic mass is 10.2. The summed E-state index contributed by atoms with van der Waals surface area (Å²) < 4.78 is 0. The average Bonchev–Trinajstić information content (AvgIpc) is 3.04. The van der Waals surface area contributed by atoms with Gasteiger partial charge in [-0.15, -0.1) is 11.6 Å². The Morgan fingerprint density at radius 3 is 2.87 bits per heavy atom. The van der Waals surface area contributed by atoms with Crippen molar-refractivity contribution >= 4 is 23.2 Å². The molecule has 0 aromatic carbocycles. The number of nitrogens with zero attached hydrogens (tertiary/aromatic N) is 2. The lowest BCUT2D eigenvalue weighted by Crippen LogP contribution is -2.27. The van der Waals surface area contributed by atoms with Crippen LogP contribution in [0, 0.1) is 0 Å². The van der Waals surface area contributed by atoms with Crippen LogP contribution in [0.5, 0.6) is 0 Å². The minimum atomic E-state index is 0.680. The molecule has 1 heterocycles. The van der Waals surface area contributed by atoms with Crippen molar-refractivity contribution in [2.24, 2.45) is 0 Å². The lowest BCUT2D eigenvalue weighted by Gasteiger charge is -2.21. The number of rotatable bonds is 5. The SMILES string of the molecule is ClCCN(Cc1ccncc1Cl)C1CC1. The fourth-order valence-corrected chi connectivity index (χ4v) is 2.09. The van der Waals surface area contributed by atoms with E-state index in [9.17, 15) is 0 Å². The molecule has 2 rings (SSSR count). The van der Waals surface area contributed by atoms with E-state index in [0.29, 0.717) is 11.9 Å². The highest BCUT2D eigenvalue weighted by atomic mass is 35.5. The molecule has 0 spiro atoms. The van der Waals surface area contributed by atoms with Crippen LogP contribution in [0.15, 0.2) is 18.5 Å². The van der Waals surface area contributed by atoms with Gasteiger partial charge in [-0.2, -0.15) is 0 Å². The van der Waals surface area contributed by atoms with Gasteiger partial charge in [0.15, 0.2) is 0 Å². The summed E-state index contributed by atoms with van der Waals surface area (Å²) >= 11 is 11.9. The maximum Gasteiger partial charge on any atom is 0.0634 e. The first kappa shape index (κ1) is 11.2. The lowest BCUT2D eigenvalue weighted by molar-refractivity contribution is 0.271. The van der Waals surface area contributed by atoms with Crippen LogP contribution in [-0.4, -0.2) is 28.4 Å². The number of halogens is 2. The Balaban J connectivity index is 2.02. The summed E-state index contributed by atoms with van der Waals surface area (Å²) in [5.74, 6) is 0.680. The van der Waals surface area contributed by atoms with Crippen molar-refractivity contribution in [3.8, 4) is 0 Å². The molecule has 0 aliphatic heterocycles. The monoisotopic (exact) mass is 244 g/mol. The summed E-state index contributed by atoms with van der Waals surface area (Å²) in [6.45, 7) is 1.82. The standard InChI is InChI=1S/C11H14Cl2N2/c12-4-6-15(10-1-2-10)8-9-3-5-14-7-11(9)13/h3,5,7,10H,1-2,4,6,8H2. The Kier molecular flexibility index (Phi) is 3.84. The molecular formula is C11H14Cl2N2. The summed E-state index contributed by atoms with van der Waals surface area (Å²) in [7, 11) is 0. The van der Waals surface area contributed by atoms with Crippen LogP contribution < -0.4 is 0 Å². The molecule has 2 nitrogen and oxygen atoms in total. The van der Waals surface area contributed by atoms with Crippen molar-refractivity contribution in [3.63, 3.8) is 0 Å². The maximum atomic E-state index is 6.07. The van der Waals surface area contributed by atoms with E-state index < -0.39 is 0 Å². The van der Waals surface area contributed by atoms with Gasteiger partial charge in [0.2, 0.25) is 0 Å². The normalized spacial score (nSPS) is 15.9. The van der Waals surface area contributed by atoms with E-state index in [2.05, 4.69) is 9.88 Å². The molecule has 4 heteroatoms. The maximum absolute atomic E-state index is 6.07. The van der Waals surface area contributed by atoms with Gasteiger partial charge in [-0.25, -0.2) is 0 Å². The third-order valence-electron chi connectivity index (χ3n) is 2.66. The third-order valence-corrected chi connectivity index (χ3v) is 3.17. The summed E-state index contributed by atoms with van der Waals surface area (Å²) in [6.07, 6.45) is 6.06. The van der Waals surface area contributed by atoms with Crippen LogP contribution in [0.25, 0.3) is 0 Å². The number of aromatic nitrogens is 1. The van der Waals surface area contributed by atoms with E-state index in [1.54, 1.807) is 12.4 Å². The molecule has 1 aliphatic carbocycles. The Labute approximate surface area is 100 Å². The number of pyridine rings is 1. The van der Waals surface area contributed by atoms with Crippen molar-refractivity contribution in [2.75, 3.05) is 12.4 Å². The topological polar surface area (TPSA) is 16.1 Å². The summed E-state index contributed by atoms with van der Waals surface area (Å²) in [4.78, 5) is 6.38. The Morgan fingerprint density at radius 2 is 2.27 bits per heavy atom. The zero-order valence-electron chi connectivity index (χ0n) is 8.50. The first-order valence-electron chi connectivity index (χ1n) is 5.19. The van der Waals surface area contributed by atoms with Crippen LogP contribution >= 0.6 is 23.2 Å². The fraction of sp³-hybridized carbons (Fsp3) is 0.545. The van der Waals surface area contributed by atoms with E-state index in [4.69, 9.17) is 23.2 Å². The van der Waals surface area contributed by atoms with Crippen molar-refractivity contribution in [3.05, 3.63) is 29.0 Å². The molecule has 1 aromatic rings. The summed E-state index contributed by atoms with van der Waals surface area (Å²) in [5.41, 5.74) is 1.14. The highest BCUT2D eigenvalue weighted by Gasteiger charge is 2.28. The van der Waals surface area contributed by atoms with E-state index in [0.717, 1.165) is 23.7 Å². The number of hydrogen-bond donors (Lipinski definition) is 0. The van der Waals surface area contributed by atoms with Gasteiger partial charge in [0.1, 0.15) is 0 Å². The molecule has 1 saturated carbocycles. The van der Waals surface area contributed by atoms with Gasteiger partial charge in [-0.3, -0.25) is 9.88 Å². The first-order chi connectivity index (χ1) is 7.31. The van der Waals surface area contributed by atoms with Gasteiger partial charge in [-0.1, -0.05) is 11.6 Å². The Morgan fingerprint density at radius 1 is 1.47 bits per heavy atom. The van der Waals surface area contributed by atoms with Gasteiger partial charge >= 0.3 is 0 Å². The van der Waals surface area contributed by atoms with E-state index in [1.807, 2.05) is 6.07 Å². The molecule has 0 atom stereocenters. The second-order valence-corrected chi connectivity index (χ2v) is 4.64. The van der Waals surface area contributed by atoms with Crippen LogP contribution in [0.4, 0.5) is 0 Å². The highest BCUT2D eigenvalue weighted by molar-refractivity contribution is 6.31. The molecule has 0 N–H and O–H groups in total. The third kappa shape index (κ3) is 3.07. The molecule has 0 radical (unpaired) electrons. The Hall–Kier alpha value is -0.310. The minimum Gasteiger partial charge on any atom is -0.295 e. The molecule has 0 amide bonds. The molecule has 82 valence electrons. The molecule has 0 saturated heterocycles. The summed E-state index contributed by atoms with van der Waals surface area (Å²) in [5, 5.41) is 0.748. The summed E-state index contributed by atoms with van der Waals surface area (Å²) in [6, 6.07) is 2.69. The van der Waals surface area contributed by atoms with Crippen LogP contribution in [0.3, 0.4) is 0 Å². The molecule has 0 bridgehead atoms. The van der Waals surface area contributed by atoms with E-state index in [-0.39, 0.29) is 0 Å². The van der Waals surface area contributed by atoms with Crippen molar-refractivity contribution in [1.82, 2.24) is 9.88 Å². The zero-order valence-corrected chi connectivity index (χ0v) is 10.0. The van der Waals surface area contributed by atoms with Gasteiger partial charge in [0, 0.05) is 37.4 Å². The average molecular weight is 245 g/mol. The van der Waals surface area contributed by atoms with Crippen molar-refractivity contribution in [2.45, 2.75) is 25.4 Å². The number of hydrogen-bond acceptors (Lipinski definition) is 2. The van der Waals surface area contributed by atoms with Crippen molar-refractivity contribution in [1.29, 1.82) is 0 Å². The van der Waals surface area contributed by atoms with E-state index in [1.165, 1.54) is 12.8 Å².